The van der Waals surface area contributed by atoms with E-state index in [4.69, 9.17) is 21.4 Å². The van der Waals surface area contributed by atoms with Crippen LogP contribution < -0.4 is 0 Å². The molecule has 1 heterocycles. The summed E-state index contributed by atoms with van der Waals surface area (Å²) in [5.41, 5.74) is -0.398. The number of carbonyl (C=O) groups excluding carboxylic acids is 2. The first kappa shape index (κ1) is 19.2. The van der Waals surface area contributed by atoms with Crippen molar-refractivity contribution in [1.29, 1.82) is 0 Å². The highest BCUT2D eigenvalue weighted by Crippen LogP contribution is 2.06. The van der Waals surface area contributed by atoms with Crippen molar-refractivity contribution in [2.45, 2.75) is 26.4 Å². The molecule has 1 aliphatic rings. The predicted molar refractivity (Wildman–Crippen MR) is 78.5 cm³/mol. The summed E-state index contributed by atoms with van der Waals surface area (Å²) in [5, 5.41) is 8.04. The highest BCUT2D eigenvalue weighted by atomic mass is 35.5. The number of esters is 1. The number of hydrogen-bond donors (Lipinski definition) is 1. The molecule has 0 bridgehead atoms. The van der Waals surface area contributed by atoms with Crippen LogP contribution in [-0.4, -0.2) is 64.1 Å². The second kappa shape index (κ2) is 8.51. The van der Waals surface area contributed by atoms with E-state index in [1.165, 1.54) is 9.80 Å². The number of amides is 2. The van der Waals surface area contributed by atoms with E-state index in [-0.39, 0.29) is 5.97 Å². The van der Waals surface area contributed by atoms with Gasteiger partial charge < -0.3 is 19.6 Å². The van der Waals surface area contributed by atoms with Gasteiger partial charge in [0.2, 0.25) is 0 Å². The first-order valence-corrected chi connectivity index (χ1v) is 6.72. The summed E-state index contributed by atoms with van der Waals surface area (Å²) in [7, 11) is 0. The van der Waals surface area contributed by atoms with Crippen molar-refractivity contribution in [2.24, 2.45) is 0 Å². The normalized spacial score (nSPS) is 14.7. The fraction of sp³-hybridized carbons (Fsp3) is 0.615. The van der Waals surface area contributed by atoms with Crippen molar-refractivity contribution in [3.8, 4) is 0 Å². The van der Waals surface area contributed by atoms with Crippen LogP contribution in [0.2, 0.25) is 0 Å². The number of carbonyl (C=O) groups is 3. The van der Waals surface area contributed by atoms with Crippen LogP contribution in [0.25, 0.3) is 0 Å². The first-order valence-electron chi connectivity index (χ1n) is 6.34. The highest BCUT2D eigenvalue weighted by Gasteiger charge is 2.22. The molecule has 0 aromatic heterocycles. The standard InChI is InChI=1S/C7H12O2.C6H9ClN2O3/c1-5-6(8)9-7(2,3)4;7-5(10)8-1-3-9(4-2-8)6(11)12/h5H,1H2,2-4H3;1-4H2,(H,11,12). The molecule has 7 nitrogen and oxygen atoms in total. The quantitative estimate of drug-likeness (QED) is 0.346. The Balaban J connectivity index is 0.000000400. The SMILES string of the molecule is C=CC(=O)OC(C)(C)C.O=C(O)N1CCN(C(=O)Cl)CC1. The Morgan fingerprint density at radius 3 is 1.81 bits per heavy atom. The van der Waals surface area contributed by atoms with Crippen LogP contribution in [-0.2, 0) is 9.53 Å². The van der Waals surface area contributed by atoms with Gasteiger partial charge in [0, 0.05) is 32.3 Å². The average molecular weight is 321 g/mol. The van der Waals surface area contributed by atoms with Gasteiger partial charge in [-0.1, -0.05) is 6.58 Å². The van der Waals surface area contributed by atoms with E-state index in [0.717, 1.165) is 6.08 Å². The van der Waals surface area contributed by atoms with Crippen LogP contribution in [0.1, 0.15) is 20.8 Å². The van der Waals surface area contributed by atoms with E-state index in [1.54, 1.807) is 0 Å². The molecule has 1 saturated heterocycles. The third-order valence-electron chi connectivity index (χ3n) is 2.37. The summed E-state index contributed by atoms with van der Waals surface area (Å²) in [5.74, 6) is -0.373. The Hall–Kier alpha value is -1.76. The van der Waals surface area contributed by atoms with Crippen LogP contribution in [0, 0.1) is 0 Å². The maximum Gasteiger partial charge on any atom is 0.407 e. The zero-order valence-corrected chi connectivity index (χ0v) is 13.2. The molecule has 21 heavy (non-hydrogen) atoms. The van der Waals surface area contributed by atoms with E-state index in [9.17, 15) is 14.4 Å². The Morgan fingerprint density at radius 1 is 1.14 bits per heavy atom. The van der Waals surface area contributed by atoms with Crippen molar-refractivity contribution in [3.63, 3.8) is 0 Å². The molecule has 0 spiro atoms. The van der Waals surface area contributed by atoms with E-state index < -0.39 is 17.1 Å². The lowest BCUT2D eigenvalue weighted by Crippen LogP contribution is -2.48. The van der Waals surface area contributed by atoms with E-state index in [2.05, 4.69) is 6.58 Å². The zero-order chi connectivity index (χ0) is 16.6. The highest BCUT2D eigenvalue weighted by molar-refractivity contribution is 6.62. The molecule has 0 atom stereocenters. The number of hydrogen-bond acceptors (Lipinski definition) is 4. The lowest BCUT2D eigenvalue weighted by molar-refractivity contribution is -0.148. The van der Waals surface area contributed by atoms with Gasteiger partial charge in [0.25, 0.3) is 0 Å². The van der Waals surface area contributed by atoms with Crippen LogP contribution in [0.15, 0.2) is 12.7 Å². The summed E-state index contributed by atoms with van der Waals surface area (Å²) >= 11 is 5.20. The molecule has 1 rings (SSSR count). The van der Waals surface area contributed by atoms with Gasteiger partial charge in [-0.15, -0.1) is 0 Å². The summed E-state index contributed by atoms with van der Waals surface area (Å²) < 4.78 is 4.83. The third kappa shape index (κ3) is 8.91. The van der Waals surface area contributed by atoms with Gasteiger partial charge in [0.1, 0.15) is 5.60 Å². The molecular formula is C13H21ClN2O5. The number of nitrogens with zero attached hydrogens (tertiary/aromatic N) is 2. The minimum Gasteiger partial charge on any atom is -0.465 e. The van der Waals surface area contributed by atoms with E-state index in [1.807, 2.05) is 20.8 Å². The summed E-state index contributed by atoms with van der Waals surface area (Å²) in [6.07, 6.45) is 0.210. The van der Waals surface area contributed by atoms with Crippen molar-refractivity contribution in [2.75, 3.05) is 26.2 Å². The summed E-state index contributed by atoms with van der Waals surface area (Å²) in [6, 6.07) is 0. The molecule has 0 aromatic rings. The molecule has 0 radical (unpaired) electrons. The van der Waals surface area contributed by atoms with Gasteiger partial charge in [0.05, 0.1) is 0 Å². The van der Waals surface area contributed by atoms with Crippen LogP contribution in [0.5, 0.6) is 0 Å². The van der Waals surface area contributed by atoms with Gasteiger partial charge in [-0.05, 0) is 32.4 Å². The molecule has 0 aliphatic carbocycles. The van der Waals surface area contributed by atoms with Gasteiger partial charge in [-0.2, -0.15) is 0 Å². The molecule has 0 aromatic carbocycles. The molecule has 1 fully saturated rings. The molecule has 120 valence electrons. The minimum atomic E-state index is -0.948. The number of ether oxygens (including phenoxy) is 1. The number of piperazine rings is 1. The summed E-state index contributed by atoms with van der Waals surface area (Å²) in [4.78, 5) is 34.2. The second-order valence-corrected chi connectivity index (χ2v) is 5.57. The van der Waals surface area contributed by atoms with Crippen molar-refractivity contribution in [1.82, 2.24) is 9.80 Å². The first-order chi connectivity index (χ1) is 9.56. The molecule has 0 unspecified atom stereocenters. The maximum atomic E-state index is 10.6. The van der Waals surface area contributed by atoms with Crippen LogP contribution in [0.3, 0.4) is 0 Å². The molecular weight excluding hydrogens is 300 g/mol. The Bertz CT molecular complexity index is 376. The zero-order valence-electron chi connectivity index (χ0n) is 12.5. The van der Waals surface area contributed by atoms with Crippen LogP contribution in [0.4, 0.5) is 9.59 Å². The Kier molecular flexibility index (Phi) is 7.80. The fourth-order valence-corrected chi connectivity index (χ4v) is 1.59. The lowest BCUT2D eigenvalue weighted by Gasteiger charge is -2.31. The molecule has 1 aliphatic heterocycles. The van der Waals surface area contributed by atoms with Crippen molar-refractivity contribution >= 4 is 29.0 Å². The maximum absolute atomic E-state index is 10.6. The van der Waals surface area contributed by atoms with E-state index in [0.29, 0.717) is 26.2 Å². The summed E-state index contributed by atoms with van der Waals surface area (Å²) in [6.45, 7) is 10.2. The van der Waals surface area contributed by atoms with Crippen molar-refractivity contribution in [3.05, 3.63) is 12.7 Å². The topological polar surface area (TPSA) is 87.2 Å². The van der Waals surface area contributed by atoms with Crippen molar-refractivity contribution < 1.29 is 24.2 Å². The minimum absolute atomic E-state index is 0.341. The number of rotatable bonds is 1. The Morgan fingerprint density at radius 2 is 1.57 bits per heavy atom. The monoisotopic (exact) mass is 320 g/mol. The van der Waals surface area contributed by atoms with E-state index >= 15 is 0 Å². The lowest BCUT2D eigenvalue weighted by atomic mass is 10.2. The third-order valence-corrected chi connectivity index (χ3v) is 2.61. The largest absolute Gasteiger partial charge is 0.465 e. The molecule has 1 N–H and O–H groups in total. The molecule has 0 saturated carbocycles. The smallest absolute Gasteiger partial charge is 0.407 e. The Labute approximate surface area is 129 Å². The van der Waals surface area contributed by atoms with Gasteiger partial charge >= 0.3 is 17.4 Å². The van der Waals surface area contributed by atoms with Gasteiger partial charge in [0.15, 0.2) is 0 Å². The molecule has 2 amide bonds. The average Bonchev–Trinajstić information content (AvgIpc) is 2.37. The predicted octanol–water partition coefficient (Wildman–Crippen LogP) is 2.15. The molecule has 8 heteroatoms. The van der Waals surface area contributed by atoms with Crippen LogP contribution >= 0.6 is 11.6 Å². The second-order valence-electron chi connectivity index (χ2n) is 5.25. The van der Waals surface area contributed by atoms with Gasteiger partial charge in [-0.3, -0.25) is 4.79 Å². The number of halogens is 1. The fourth-order valence-electron chi connectivity index (χ4n) is 1.42. The van der Waals surface area contributed by atoms with Gasteiger partial charge in [-0.25, -0.2) is 9.59 Å². The number of carboxylic acid groups (broad SMARTS) is 1.